The molecular weight excluding hydrogens is 402 g/mol. The summed E-state index contributed by atoms with van der Waals surface area (Å²) in [6.45, 7) is 0.303. The molecule has 0 aliphatic carbocycles. The van der Waals surface area contributed by atoms with Gasteiger partial charge in [0.2, 0.25) is 5.91 Å². The third kappa shape index (κ3) is 6.05. The predicted octanol–water partition coefficient (Wildman–Crippen LogP) is 1.73. The second kappa shape index (κ2) is 10.2. The second-order valence-electron chi connectivity index (χ2n) is 6.82. The third-order valence-electron chi connectivity index (χ3n) is 4.64. The smallest absolute Gasteiger partial charge is 0.325 e. The van der Waals surface area contributed by atoms with Crippen LogP contribution in [0.3, 0.4) is 0 Å². The molecule has 0 aromatic heterocycles. The zero-order chi connectivity index (χ0) is 22.2. The zero-order valence-electron chi connectivity index (χ0n) is 17.1. The van der Waals surface area contributed by atoms with Crippen LogP contribution in [-0.2, 0) is 19.1 Å². The van der Waals surface area contributed by atoms with Crippen molar-refractivity contribution in [3.05, 3.63) is 54.1 Å². The van der Waals surface area contributed by atoms with Crippen LogP contribution < -0.4 is 20.3 Å². The first-order valence-corrected chi connectivity index (χ1v) is 9.74. The first kappa shape index (κ1) is 21.8. The summed E-state index contributed by atoms with van der Waals surface area (Å²) in [4.78, 5) is 48.6. The van der Waals surface area contributed by atoms with E-state index in [1.165, 1.54) is 19.2 Å². The fourth-order valence-corrected chi connectivity index (χ4v) is 3.02. The van der Waals surface area contributed by atoms with E-state index >= 15 is 0 Å². The van der Waals surface area contributed by atoms with Crippen molar-refractivity contribution in [2.45, 2.75) is 12.8 Å². The molecule has 1 aliphatic rings. The molecule has 0 atom stereocenters. The van der Waals surface area contributed by atoms with E-state index in [1.54, 1.807) is 41.3 Å². The Kier molecular flexibility index (Phi) is 7.21. The molecule has 3 rings (SSSR count). The minimum absolute atomic E-state index is 0.111. The summed E-state index contributed by atoms with van der Waals surface area (Å²) < 4.78 is 9.95. The van der Waals surface area contributed by atoms with Gasteiger partial charge in [0.1, 0.15) is 12.3 Å². The molecule has 3 amide bonds. The highest BCUT2D eigenvalue weighted by Gasteiger charge is 2.21. The number of benzene rings is 2. The van der Waals surface area contributed by atoms with Gasteiger partial charge < -0.3 is 25.0 Å². The predicted molar refractivity (Wildman–Crippen MR) is 113 cm³/mol. The Bertz CT molecular complexity index is 956. The number of amides is 3. The molecule has 0 unspecified atom stereocenters. The van der Waals surface area contributed by atoms with Gasteiger partial charge in [0.05, 0.1) is 7.11 Å². The van der Waals surface area contributed by atoms with Crippen molar-refractivity contribution in [1.82, 2.24) is 5.32 Å². The Balaban J connectivity index is 1.45. The highest BCUT2D eigenvalue weighted by atomic mass is 16.5. The minimum atomic E-state index is -0.545. The van der Waals surface area contributed by atoms with Crippen LogP contribution in [0.1, 0.15) is 23.2 Å². The lowest BCUT2D eigenvalue weighted by atomic mass is 10.2. The molecular formula is C22H23N3O6. The molecule has 1 heterocycles. The number of nitrogens with one attached hydrogen (secondary N) is 2. The van der Waals surface area contributed by atoms with Crippen LogP contribution in [0.5, 0.6) is 5.75 Å². The summed E-state index contributed by atoms with van der Waals surface area (Å²) in [6.07, 6.45) is 1.42. The van der Waals surface area contributed by atoms with E-state index in [9.17, 15) is 19.2 Å². The lowest BCUT2D eigenvalue weighted by Gasteiger charge is -2.16. The van der Waals surface area contributed by atoms with Crippen molar-refractivity contribution in [3.8, 4) is 5.75 Å². The van der Waals surface area contributed by atoms with E-state index in [0.717, 1.165) is 12.1 Å². The van der Waals surface area contributed by atoms with Crippen molar-refractivity contribution < 1.29 is 28.7 Å². The largest absolute Gasteiger partial charge is 0.484 e. The Labute approximate surface area is 179 Å². The third-order valence-corrected chi connectivity index (χ3v) is 4.64. The highest BCUT2D eigenvalue weighted by molar-refractivity contribution is 5.97. The highest BCUT2D eigenvalue weighted by Crippen LogP contribution is 2.23. The number of nitrogens with zero attached hydrogens (tertiary/aromatic N) is 1. The molecule has 0 saturated carbocycles. The van der Waals surface area contributed by atoms with E-state index in [0.29, 0.717) is 30.0 Å². The number of hydrogen-bond acceptors (Lipinski definition) is 6. The van der Waals surface area contributed by atoms with Gasteiger partial charge in [-0.2, -0.15) is 0 Å². The lowest BCUT2D eigenvalue weighted by Crippen LogP contribution is -2.30. The molecule has 2 N–H and O–H groups in total. The quantitative estimate of drug-likeness (QED) is 0.623. The molecule has 2 aromatic carbocycles. The zero-order valence-corrected chi connectivity index (χ0v) is 17.1. The monoisotopic (exact) mass is 425 g/mol. The topological polar surface area (TPSA) is 114 Å². The molecule has 9 nitrogen and oxygen atoms in total. The maximum absolute atomic E-state index is 12.1. The van der Waals surface area contributed by atoms with Crippen LogP contribution in [0.2, 0.25) is 0 Å². The van der Waals surface area contributed by atoms with Crippen LogP contribution in [0.25, 0.3) is 0 Å². The molecule has 31 heavy (non-hydrogen) atoms. The molecule has 0 spiro atoms. The fraction of sp³-hybridized carbons (Fsp3) is 0.273. The summed E-state index contributed by atoms with van der Waals surface area (Å²) in [7, 11) is 1.24. The van der Waals surface area contributed by atoms with Gasteiger partial charge in [-0.05, 0) is 55.0 Å². The second-order valence-corrected chi connectivity index (χ2v) is 6.82. The number of carbonyl (C=O) groups is 4. The van der Waals surface area contributed by atoms with Gasteiger partial charge in [0.15, 0.2) is 6.61 Å². The van der Waals surface area contributed by atoms with E-state index in [1.807, 2.05) is 0 Å². The van der Waals surface area contributed by atoms with E-state index < -0.39 is 11.9 Å². The van der Waals surface area contributed by atoms with Crippen molar-refractivity contribution in [1.29, 1.82) is 0 Å². The van der Waals surface area contributed by atoms with Gasteiger partial charge in [-0.1, -0.05) is 0 Å². The molecule has 2 aromatic rings. The number of carbonyl (C=O) groups excluding carboxylic acids is 4. The molecule has 1 fully saturated rings. The number of ether oxygens (including phenoxy) is 2. The average Bonchev–Trinajstić information content (AvgIpc) is 3.22. The molecule has 0 radical (unpaired) electrons. The molecule has 0 bridgehead atoms. The van der Waals surface area contributed by atoms with Gasteiger partial charge >= 0.3 is 5.97 Å². The Morgan fingerprint density at radius 3 is 2.35 bits per heavy atom. The number of hydrogen-bond donors (Lipinski definition) is 2. The van der Waals surface area contributed by atoms with E-state index in [4.69, 9.17) is 4.74 Å². The maximum Gasteiger partial charge on any atom is 0.325 e. The standard InChI is InChI=1S/C22H23N3O6/c1-30-21(28)13-23-22(29)15-4-6-16(7-5-15)24-19(26)14-31-18-10-8-17(9-11-18)25-12-2-3-20(25)27/h4-11H,2-3,12-14H2,1H3,(H,23,29)(H,24,26). The van der Waals surface area contributed by atoms with Crippen LogP contribution >= 0.6 is 0 Å². The normalized spacial score (nSPS) is 12.9. The van der Waals surface area contributed by atoms with E-state index in [2.05, 4.69) is 15.4 Å². The van der Waals surface area contributed by atoms with Crippen LogP contribution in [0.15, 0.2) is 48.5 Å². The minimum Gasteiger partial charge on any atom is -0.484 e. The first-order chi connectivity index (χ1) is 15.0. The number of rotatable bonds is 8. The SMILES string of the molecule is COC(=O)CNC(=O)c1ccc(NC(=O)COc2ccc(N3CCCC3=O)cc2)cc1. The van der Waals surface area contributed by atoms with Crippen LogP contribution in [0, 0.1) is 0 Å². The maximum atomic E-state index is 12.1. The van der Waals surface area contributed by atoms with Gasteiger partial charge in [-0.3, -0.25) is 19.2 Å². The molecule has 162 valence electrons. The Morgan fingerprint density at radius 1 is 1.03 bits per heavy atom. The summed E-state index contributed by atoms with van der Waals surface area (Å²) in [6, 6.07) is 13.2. The van der Waals surface area contributed by atoms with Crippen molar-refractivity contribution in [3.63, 3.8) is 0 Å². The fourth-order valence-electron chi connectivity index (χ4n) is 3.02. The Morgan fingerprint density at radius 2 is 1.74 bits per heavy atom. The van der Waals surface area contributed by atoms with Gasteiger partial charge in [-0.25, -0.2) is 0 Å². The average molecular weight is 425 g/mol. The van der Waals surface area contributed by atoms with Crippen LogP contribution in [0.4, 0.5) is 11.4 Å². The lowest BCUT2D eigenvalue weighted by molar-refractivity contribution is -0.139. The van der Waals surface area contributed by atoms with Crippen molar-refractivity contribution in [2.24, 2.45) is 0 Å². The van der Waals surface area contributed by atoms with Crippen molar-refractivity contribution >= 4 is 35.1 Å². The molecule has 9 heteroatoms. The Hall–Kier alpha value is -3.88. The van der Waals surface area contributed by atoms with E-state index in [-0.39, 0.29) is 25.0 Å². The molecule has 1 aliphatic heterocycles. The summed E-state index contributed by atoms with van der Waals surface area (Å²) in [5.41, 5.74) is 1.66. The van der Waals surface area contributed by atoms with Crippen LogP contribution in [-0.4, -0.2) is 50.5 Å². The molecule has 1 saturated heterocycles. The summed E-state index contributed by atoms with van der Waals surface area (Å²) >= 11 is 0. The van der Waals surface area contributed by atoms with Gasteiger partial charge in [0.25, 0.3) is 11.8 Å². The summed E-state index contributed by atoms with van der Waals surface area (Å²) in [5, 5.41) is 5.11. The first-order valence-electron chi connectivity index (χ1n) is 9.74. The number of anilines is 2. The van der Waals surface area contributed by atoms with Gasteiger partial charge in [0, 0.05) is 29.9 Å². The van der Waals surface area contributed by atoms with Gasteiger partial charge in [-0.15, -0.1) is 0 Å². The number of methoxy groups -OCH3 is 1. The van der Waals surface area contributed by atoms with Crippen molar-refractivity contribution in [2.75, 3.05) is 37.0 Å². The summed E-state index contributed by atoms with van der Waals surface area (Å²) in [5.74, 6) is -0.702. The number of esters is 1.